The number of carbonyl (C=O) groups excluding carboxylic acids is 1. The molecule has 0 spiro atoms. The number of hydrogen-bond acceptors (Lipinski definition) is 5. The number of aliphatic hydroxyl groups is 2. The molecule has 3 rings (SSSR count). The minimum atomic E-state index is -4.11. The zero-order valence-corrected chi connectivity index (χ0v) is 17.7. The lowest BCUT2D eigenvalue weighted by molar-refractivity contribution is 0.101. The van der Waals surface area contributed by atoms with Crippen LogP contribution in [0.15, 0.2) is 29.3 Å². The molecule has 2 heterocycles. The van der Waals surface area contributed by atoms with Crippen molar-refractivity contribution in [1.29, 1.82) is 0 Å². The van der Waals surface area contributed by atoms with Crippen molar-refractivity contribution in [2.45, 2.75) is 37.1 Å². The van der Waals surface area contributed by atoms with E-state index in [1.165, 1.54) is 23.9 Å². The predicted molar refractivity (Wildman–Crippen MR) is 107 cm³/mol. The largest absolute Gasteiger partial charge is 0.394 e. The molecule has 2 aromatic rings. The maximum Gasteiger partial charge on any atom is 0.272 e. The van der Waals surface area contributed by atoms with Crippen molar-refractivity contribution in [2.24, 2.45) is 7.05 Å². The van der Waals surface area contributed by atoms with E-state index in [1.54, 1.807) is 0 Å². The highest BCUT2D eigenvalue weighted by Crippen LogP contribution is 2.31. The van der Waals surface area contributed by atoms with Crippen molar-refractivity contribution >= 4 is 21.6 Å². The molecule has 0 bridgehead atoms. The summed E-state index contributed by atoms with van der Waals surface area (Å²) in [6, 6.07) is 2.86. The number of halogens is 2. The van der Waals surface area contributed by atoms with Crippen molar-refractivity contribution in [3.8, 4) is 0 Å². The minimum absolute atomic E-state index is 0.00789. The number of aliphatic hydroxyl groups excluding tert-OH is 2. The first-order valence-electron chi connectivity index (χ1n) is 9.33. The second-order valence-corrected chi connectivity index (χ2v) is 8.37. The van der Waals surface area contributed by atoms with Gasteiger partial charge in [0.15, 0.2) is 11.6 Å². The van der Waals surface area contributed by atoms with E-state index in [2.05, 4.69) is 10.0 Å². The summed E-state index contributed by atoms with van der Waals surface area (Å²) < 4.78 is 55.4. The fourth-order valence-corrected chi connectivity index (χ4v) is 4.94. The summed E-state index contributed by atoms with van der Waals surface area (Å²) in [4.78, 5) is 12.6. The highest BCUT2D eigenvalue weighted by atomic mass is 32.2. The zero-order valence-electron chi connectivity index (χ0n) is 16.9. The van der Waals surface area contributed by atoms with Gasteiger partial charge < -0.3 is 20.1 Å². The molecular formula is C19H25F2N3O5S. The average Bonchev–Trinajstić information content (AvgIpc) is 3.01. The standard InChI is InChI=1S/C17H19F2N3O5S.C2H6/c1-22-7-14-11(4-5-17(8-23,9-24)21-28(14,26)27)15(22)16(25)20-10-2-3-12(18)13(19)6-10;1-2/h2-3,6-7,21,23-24H,4-5,8-9H2,1H3,(H,20,25);1-2H3. The van der Waals surface area contributed by atoms with Crippen molar-refractivity contribution in [1.82, 2.24) is 9.29 Å². The molecule has 0 saturated heterocycles. The van der Waals surface area contributed by atoms with Crippen molar-refractivity contribution in [3.05, 3.63) is 47.3 Å². The fourth-order valence-electron chi connectivity index (χ4n) is 3.21. The van der Waals surface area contributed by atoms with E-state index < -0.39 is 46.3 Å². The molecule has 1 aliphatic rings. The van der Waals surface area contributed by atoms with Crippen LogP contribution in [0.3, 0.4) is 0 Å². The second-order valence-electron chi connectivity index (χ2n) is 6.72. The number of amides is 1. The highest BCUT2D eigenvalue weighted by molar-refractivity contribution is 7.89. The van der Waals surface area contributed by atoms with Gasteiger partial charge >= 0.3 is 0 Å². The molecule has 11 heteroatoms. The Morgan fingerprint density at radius 2 is 1.87 bits per heavy atom. The Hall–Kier alpha value is -2.34. The summed E-state index contributed by atoms with van der Waals surface area (Å²) in [6.07, 6.45) is 1.40. The first-order valence-corrected chi connectivity index (χ1v) is 10.8. The number of sulfonamides is 1. The van der Waals surface area contributed by atoms with Crippen LogP contribution in [0.5, 0.6) is 0 Å². The Bertz CT molecular complexity index is 1030. The Kier molecular flexibility index (Phi) is 7.35. The molecule has 1 aliphatic heterocycles. The van der Waals surface area contributed by atoms with Gasteiger partial charge in [0.2, 0.25) is 10.0 Å². The van der Waals surface area contributed by atoms with Gasteiger partial charge in [-0.25, -0.2) is 21.9 Å². The summed E-state index contributed by atoms with van der Waals surface area (Å²) in [6.45, 7) is 2.77. The third kappa shape index (κ3) is 4.53. The molecule has 4 N–H and O–H groups in total. The normalized spacial score (nSPS) is 16.6. The van der Waals surface area contributed by atoms with E-state index in [0.717, 1.165) is 12.1 Å². The smallest absolute Gasteiger partial charge is 0.272 e. The molecule has 1 aromatic carbocycles. The first kappa shape index (κ1) is 23.9. The molecule has 0 radical (unpaired) electrons. The maximum absolute atomic E-state index is 13.4. The topological polar surface area (TPSA) is 121 Å². The van der Waals surface area contributed by atoms with Gasteiger partial charge in [0.1, 0.15) is 10.6 Å². The van der Waals surface area contributed by atoms with Gasteiger partial charge in [0.25, 0.3) is 5.91 Å². The lowest BCUT2D eigenvalue weighted by Crippen LogP contribution is -2.53. The summed E-state index contributed by atoms with van der Waals surface area (Å²) in [5, 5.41) is 21.5. The fraction of sp³-hybridized carbons (Fsp3) is 0.421. The predicted octanol–water partition coefficient (Wildman–Crippen LogP) is 1.53. The molecule has 8 nitrogen and oxygen atoms in total. The molecule has 0 unspecified atom stereocenters. The van der Waals surface area contributed by atoms with E-state index in [9.17, 15) is 32.2 Å². The summed E-state index contributed by atoms with van der Waals surface area (Å²) >= 11 is 0. The van der Waals surface area contributed by atoms with E-state index in [1.807, 2.05) is 13.8 Å². The van der Waals surface area contributed by atoms with Crippen LogP contribution in [-0.4, -0.2) is 47.9 Å². The van der Waals surface area contributed by atoms with Crippen LogP contribution in [0.2, 0.25) is 0 Å². The van der Waals surface area contributed by atoms with Crippen LogP contribution in [0.25, 0.3) is 0 Å². The van der Waals surface area contributed by atoms with E-state index in [0.29, 0.717) is 0 Å². The van der Waals surface area contributed by atoms with Gasteiger partial charge in [-0.05, 0) is 25.0 Å². The lowest BCUT2D eigenvalue weighted by Gasteiger charge is -2.28. The lowest BCUT2D eigenvalue weighted by atomic mass is 9.94. The summed E-state index contributed by atoms with van der Waals surface area (Å²) in [5.41, 5.74) is -1.21. The molecule has 166 valence electrons. The third-order valence-electron chi connectivity index (χ3n) is 4.74. The number of fused-ring (bicyclic) bond motifs is 1. The monoisotopic (exact) mass is 445 g/mol. The molecule has 0 saturated carbocycles. The number of aryl methyl sites for hydroxylation is 1. The Balaban J connectivity index is 0.00000155. The van der Waals surface area contributed by atoms with Gasteiger partial charge in [-0.1, -0.05) is 13.8 Å². The zero-order chi connectivity index (χ0) is 22.7. The van der Waals surface area contributed by atoms with Gasteiger partial charge in [-0.2, -0.15) is 0 Å². The molecule has 0 atom stereocenters. The Labute approximate surface area is 173 Å². The maximum atomic E-state index is 13.4. The Morgan fingerprint density at radius 3 is 2.43 bits per heavy atom. The van der Waals surface area contributed by atoms with Crippen LogP contribution in [0, 0.1) is 11.6 Å². The summed E-state index contributed by atoms with van der Waals surface area (Å²) in [5.74, 6) is -2.90. The van der Waals surface area contributed by atoms with Crippen molar-refractivity contribution < 1.29 is 32.2 Å². The number of nitrogens with one attached hydrogen (secondary N) is 2. The number of nitrogens with zero attached hydrogens (tertiary/aromatic N) is 1. The molecule has 30 heavy (non-hydrogen) atoms. The van der Waals surface area contributed by atoms with Gasteiger partial charge in [-0.3, -0.25) is 4.79 Å². The minimum Gasteiger partial charge on any atom is -0.394 e. The first-order chi connectivity index (χ1) is 14.1. The number of aromatic nitrogens is 1. The number of rotatable bonds is 4. The third-order valence-corrected chi connectivity index (χ3v) is 6.37. The molecule has 1 aromatic heterocycles. The number of carbonyl (C=O) groups is 1. The molecular weight excluding hydrogens is 420 g/mol. The SMILES string of the molecule is CC.Cn1cc2c(c1C(=O)Nc1ccc(F)c(F)c1)CCC(CO)(CO)NS2(=O)=O. The molecule has 0 fully saturated rings. The van der Waals surface area contributed by atoms with Crippen LogP contribution in [0.1, 0.15) is 36.3 Å². The van der Waals surface area contributed by atoms with E-state index in [-0.39, 0.29) is 34.7 Å². The second kappa shape index (κ2) is 9.21. The number of benzene rings is 1. The average molecular weight is 445 g/mol. The van der Waals surface area contributed by atoms with Crippen LogP contribution in [-0.2, 0) is 23.5 Å². The van der Waals surface area contributed by atoms with E-state index >= 15 is 0 Å². The highest BCUT2D eigenvalue weighted by Gasteiger charge is 2.40. The number of anilines is 1. The van der Waals surface area contributed by atoms with Crippen LogP contribution in [0.4, 0.5) is 14.5 Å². The quantitative estimate of drug-likeness (QED) is 0.569. The van der Waals surface area contributed by atoms with Gasteiger partial charge in [0, 0.05) is 30.6 Å². The van der Waals surface area contributed by atoms with Crippen molar-refractivity contribution in [2.75, 3.05) is 18.5 Å². The van der Waals surface area contributed by atoms with Crippen molar-refractivity contribution in [3.63, 3.8) is 0 Å². The number of hydrogen-bond donors (Lipinski definition) is 4. The van der Waals surface area contributed by atoms with Crippen LogP contribution < -0.4 is 10.0 Å². The summed E-state index contributed by atoms with van der Waals surface area (Å²) in [7, 11) is -2.63. The van der Waals surface area contributed by atoms with Gasteiger partial charge in [0.05, 0.1) is 18.8 Å². The van der Waals surface area contributed by atoms with E-state index in [4.69, 9.17) is 0 Å². The van der Waals surface area contributed by atoms with Gasteiger partial charge in [-0.15, -0.1) is 0 Å². The van der Waals surface area contributed by atoms with Crippen LogP contribution >= 0.6 is 0 Å². The Morgan fingerprint density at radius 1 is 1.23 bits per heavy atom. The molecule has 1 amide bonds. The molecule has 0 aliphatic carbocycles.